The molecule has 0 aromatic heterocycles. The quantitative estimate of drug-likeness (QED) is 0.176. The van der Waals surface area contributed by atoms with Crippen molar-refractivity contribution >= 4 is 41.7 Å². The van der Waals surface area contributed by atoms with Crippen LogP contribution in [0.1, 0.15) is 39.0 Å². The molecule has 0 radical (unpaired) electrons. The van der Waals surface area contributed by atoms with Crippen LogP contribution >= 0.6 is 35.7 Å². The van der Waals surface area contributed by atoms with Gasteiger partial charge in [0.05, 0.1) is 25.4 Å². The normalized spacial score (nSPS) is 20.9. The number of piperidine rings is 1. The first-order valence-electron chi connectivity index (χ1n) is 10.8. The van der Waals surface area contributed by atoms with E-state index in [9.17, 15) is 0 Å². The van der Waals surface area contributed by atoms with Gasteiger partial charge >= 0.3 is 0 Å². The summed E-state index contributed by atoms with van der Waals surface area (Å²) in [6.07, 6.45) is 6.43. The van der Waals surface area contributed by atoms with E-state index in [1.807, 2.05) is 11.8 Å². The van der Waals surface area contributed by atoms with Gasteiger partial charge in [0.25, 0.3) is 0 Å². The van der Waals surface area contributed by atoms with Gasteiger partial charge in [-0.05, 0) is 51.2 Å². The third-order valence-electron chi connectivity index (χ3n) is 5.23. The lowest BCUT2D eigenvalue weighted by Gasteiger charge is -2.35. The Morgan fingerprint density at radius 3 is 2.69 bits per heavy atom. The van der Waals surface area contributed by atoms with Crippen LogP contribution in [0.3, 0.4) is 0 Å². The zero-order chi connectivity index (χ0) is 19.4. The number of benzene rings is 1. The predicted molar refractivity (Wildman–Crippen MR) is 133 cm³/mol. The number of nitrogens with one attached hydrogen (secondary N) is 1. The monoisotopic (exact) mass is 533 g/mol. The van der Waals surface area contributed by atoms with E-state index in [1.165, 1.54) is 17.7 Å². The summed E-state index contributed by atoms with van der Waals surface area (Å²) in [7, 11) is 0. The third-order valence-corrected chi connectivity index (χ3v) is 6.23. The van der Waals surface area contributed by atoms with Gasteiger partial charge in [0.1, 0.15) is 0 Å². The van der Waals surface area contributed by atoms with E-state index < -0.39 is 0 Å². The van der Waals surface area contributed by atoms with Gasteiger partial charge in [-0.15, -0.1) is 35.7 Å². The molecule has 2 aliphatic heterocycles. The van der Waals surface area contributed by atoms with Gasteiger partial charge in [-0.2, -0.15) is 0 Å². The van der Waals surface area contributed by atoms with Crippen LogP contribution in [-0.2, 0) is 9.47 Å². The summed E-state index contributed by atoms with van der Waals surface area (Å²) < 4.78 is 11.9. The summed E-state index contributed by atoms with van der Waals surface area (Å²) >= 11 is 1.86. The number of aliphatic imine (C=N–C) groups is 1. The number of likely N-dealkylation sites (tertiary alicyclic amines) is 1. The van der Waals surface area contributed by atoms with Crippen molar-refractivity contribution in [3.63, 3.8) is 0 Å². The Balaban J connectivity index is 0.00000300. The number of hydrogen-bond donors (Lipinski definition) is 1. The van der Waals surface area contributed by atoms with Crippen LogP contribution in [0.5, 0.6) is 0 Å². The first kappa shape index (κ1) is 24.8. The lowest BCUT2D eigenvalue weighted by atomic mass is 10.1. The molecule has 1 aromatic rings. The zero-order valence-electron chi connectivity index (χ0n) is 17.6. The van der Waals surface area contributed by atoms with Crippen LogP contribution in [0.15, 0.2) is 40.2 Å². The van der Waals surface area contributed by atoms with E-state index >= 15 is 0 Å². The largest absolute Gasteiger partial charge is 0.376 e. The van der Waals surface area contributed by atoms with Gasteiger partial charge in [0.15, 0.2) is 5.96 Å². The molecule has 1 aromatic carbocycles. The van der Waals surface area contributed by atoms with Crippen molar-refractivity contribution < 1.29 is 9.47 Å². The lowest BCUT2D eigenvalue weighted by Crippen LogP contribution is -2.47. The SMILES string of the molecule is CCNC(=NCCSc1ccccc1)N1CCC(OCC2CCCCO2)CC1.I. The number of ether oxygens (including phenoxy) is 2. The van der Waals surface area contributed by atoms with Crippen LogP contribution in [0.4, 0.5) is 0 Å². The average molecular weight is 534 g/mol. The molecule has 2 aliphatic rings. The Morgan fingerprint density at radius 2 is 2.00 bits per heavy atom. The highest BCUT2D eigenvalue weighted by atomic mass is 127. The maximum atomic E-state index is 6.14. The molecule has 5 nitrogen and oxygen atoms in total. The number of hydrogen-bond acceptors (Lipinski definition) is 4. The minimum Gasteiger partial charge on any atom is -0.376 e. The second kappa shape index (κ2) is 14.5. The number of thioether (sulfide) groups is 1. The molecule has 0 amide bonds. The summed E-state index contributed by atoms with van der Waals surface area (Å²) in [5, 5.41) is 3.46. The molecule has 0 bridgehead atoms. The van der Waals surface area contributed by atoms with Crippen LogP contribution in [0, 0.1) is 0 Å². The molecule has 1 unspecified atom stereocenters. The Hall–Kier alpha value is -0.510. The number of rotatable bonds is 8. The zero-order valence-corrected chi connectivity index (χ0v) is 20.7. The molecular weight excluding hydrogens is 497 g/mol. The third kappa shape index (κ3) is 9.02. The summed E-state index contributed by atoms with van der Waals surface area (Å²) in [5.41, 5.74) is 0. The molecule has 0 saturated carbocycles. The van der Waals surface area contributed by atoms with Crippen molar-refractivity contribution in [1.82, 2.24) is 10.2 Å². The minimum absolute atomic E-state index is 0. The highest BCUT2D eigenvalue weighted by molar-refractivity contribution is 14.0. The second-order valence-electron chi connectivity index (χ2n) is 7.41. The van der Waals surface area contributed by atoms with E-state index in [0.29, 0.717) is 12.2 Å². The first-order chi connectivity index (χ1) is 13.8. The molecule has 1 N–H and O–H groups in total. The highest BCUT2D eigenvalue weighted by Gasteiger charge is 2.23. The summed E-state index contributed by atoms with van der Waals surface area (Å²) in [6.45, 7) is 7.54. The Bertz CT molecular complexity index is 577. The van der Waals surface area contributed by atoms with Gasteiger partial charge in [0, 0.05) is 36.9 Å². The van der Waals surface area contributed by atoms with Gasteiger partial charge < -0.3 is 19.7 Å². The Kier molecular flexibility index (Phi) is 12.4. The summed E-state index contributed by atoms with van der Waals surface area (Å²) in [4.78, 5) is 8.54. The molecular formula is C22H36IN3O2S. The summed E-state index contributed by atoms with van der Waals surface area (Å²) in [6, 6.07) is 10.5. The molecule has 164 valence electrons. The van der Waals surface area contributed by atoms with E-state index in [2.05, 4.69) is 47.5 Å². The Labute approximate surface area is 197 Å². The van der Waals surface area contributed by atoms with E-state index in [-0.39, 0.29) is 24.0 Å². The van der Waals surface area contributed by atoms with E-state index in [4.69, 9.17) is 14.5 Å². The molecule has 2 heterocycles. The fraction of sp³-hybridized carbons (Fsp3) is 0.682. The van der Waals surface area contributed by atoms with Crippen LogP contribution < -0.4 is 5.32 Å². The van der Waals surface area contributed by atoms with Gasteiger partial charge in [0.2, 0.25) is 0 Å². The van der Waals surface area contributed by atoms with Crippen molar-refractivity contribution in [3.05, 3.63) is 30.3 Å². The van der Waals surface area contributed by atoms with Gasteiger partial charge in [-0.25, -0.2) is 0 Å². The lowest BCUT2D eigenvalue weighted by molar-refractivity contribution is -0.0721. The van der Waals surface area contributed by atoms with Gasteiger partial charge in [-0.3, -0.25) is 4.99 Å². The molecule has 29 heavy (non-hydrogen) atoms. The number of nitrogens with zero attached hydrogens (tertiary/aromatic N) is 2. The van der Waals surface area contributed by atoms with Gasteiger partial charge in [-0.1, -0.05) is 18.2 Å². The van der Waals surface area contributed by atoms with Crippen LogP contribution in [-0.4, -0.2) is 68.2 Å². The molecule has 0 aliphatic carbocycles. The molecule has 2 fully saturated rings. The van der Waals surface area contributed by atoms with E-state index in [0.717, 1.165) is 70.4 Å². The van der Waals surface area contributed by atoms with Crippen LogP contribution in [0.2, 0.25) is 0 Å². The standard InChI is InChI=1S/C22H35N3O2S.HI/c1-2-23-22(24-13-17-28-21-9-4-3-5-10-21)25-14-11-19(12-15-25)27-18-20-8-6-7-16-26-20;/h3-5,9-10,19-20H,2,6-8,11-18H2,1H3,(H,23,24);1H. The Morgan fingerprint density at radius 1 is 1.21 bits per heavy atom. The van der Waals surface area contributed by atoms with Crippen molar-refractivity contribution in [3.8, 4) is 0 Å². The molecule has 7 heteroatoms. The van der Waals surface area contributed by atoms with Crippen molar-refractivity contribution in [1.29, 1.82) is 0 Å². The smallest absolute Gasteiger partial charge is 0.193 e. The van der Waals surface area contributed by atoms with E-state index in [1.54, 1.807) is 0 Å². The summed E-state index contributed by atoms with van der Waals surface area (Å²) in [5.74, 6) is 2.05. The maximum Gasteiger partial charge on any atom is 0.193 e. The van der Waals surface area contributed by atoms with Crippen LogP contribution in [0.25, 0.3) is 0 Å². The van der Waals surface area contributed by atoms with Crippen molar-refractivity contribution in [2.75, 3.05) is 45.1 Å². The highest BCUT2D eigenvalue weighted by Crippen LogP contribution is 2.19. The maximum absolute atomic E-state index is 6.14. The average Bonchev–Trinajstić information content (AvgIpc) is 2.76. The molecule has 1 atom stereocenters. The molecule has 3 rings (SSSR count). The topological polar surface area (TPSA) is 46.1 Å². The predicted octanol–water partition coefficient (Wildman–Crippen LogP) is 4.41. The first-order valence-corrected chi connectivity index (χ1v) is 11.8. The molecule has 0 spiro atoms. The second-order valence-corrected chi connectivity index (χ2v) is 8.57. The fourth-order valence-electron chi connectivity index (χ4n) is 3.67. The number of halogens is 1. The number of guanidine groups is 1. The minimum atomic E-state index is 0. The van der Waals surface area contributed by atoms with Crippen molar-refractivity contribution in [2.45, 2.75) is 56.1 Å². The van der Waals surface area contributed by atoms with Crippen molar-refractivity contribution in [2.24, 2.45) is 4.99 Å². The fourth-order valence-corrected chi connectivity index (χ4v) is 4.44. The molecule has 2 saturated heterocycles.